The number of hydrogen-bond acceptors (Lipinski definition) is 11. The van der Waals surface area contributed by atoms with Crippen molar-refractivity contribution in [2.75, 3.05) is 7.11 Å². The minimum absolute atomic E-state index is 0. The summed E-state index contributed by atoms with van der Waals surface area (Å²) in [6.07, 6.45) is 15.3. The predicted octanol–water partition coefficient (Wildman–Crippen LogP) is 16.1. The first-order valence-electron chi connectivity index (χ1n) is 31.1. The molecule has 2 N–H and O–H groups in total. The van der Waals surface area contributed by atoms with Crippen molar-refractivity contribution in [3.8, 4) is 56.6 Å². The zero-order valence-corrected chi connectivity index (χ0v) is 65.5. The van der Waals surface area contributed by atoms with Gasteiger partial charge in [0.1, 0.15) is 28.7 Å². The van der Waals surface area contributed by atoms with Crippen LogP contribution < -0.4 is 14.5 Å². The Labute approximate surface area is 660 Å². The number of ether oxygens (including phenoxy) is 1. The summed E-state index contributed by atoms with van der Waals surface area (Å²) in [6, 6.07) is 50.6. The van der Waals surface area contributed by atoms with E-state index in [1.165, 1.54) is 76.5 Å². The van der Waals surface area contributed by atoms with Gasteiger partial charge in [-0.1, -0.05) is 101 Å². The van der Waals surface area contributed by atoms with E-state index in [2.05, 4.69) is 71.6 Å². The second kappa shape index (κ2) is 45.8. The molecule has 6 aromatic carbocycles. The number of benzene rings is 6. The molecule has 30 heteroatoms. The Morgan fingerprint density at radius 2 is 0.936 bits per heavy atom. The van der Waals surface area contributed by atoms with Gasteiger partial charge in [0.25, 0.3) is 0 Å². The Morgan fingerprint density at radius 3 is 1.33 bits per heavy atom. The van der Waals surface area contributed by atoms with Crippen molar-refractivity contribution in [1.82, 2.24) is 44.6 Å². The quantitative estimate of drug-likeness (QED) is 0.0536. The number of hydrogen-bond donors (Lipinski definition) is 2. The molecule has 0 unspecified atom stereocenters. The first kappa shape index (κ1) is 92.5. The molecule has 7 aromatic heterocycles. The molecule has 0 amide bonds. The molecular weight excluding hydrogens is 1970 g/mol. The van der Waals surface area contributed by atoms with Crippen LogP contribution in [0.1, 0.15) is 64.0 Å². The number of halogens is 11. The standard InChI is InChI=1S/2C12H8F2NO.C11H7FN.C11H20O2.3C9H5F2N2.C6H5NO2.3Ir/c1-16-9-4-5-15-12(7-9)10-3-2-8(13)6-11(10)14;13-9-1-2-10(11(14)6-9)12-5-8(7-16)3-4-15-12;12-10-6-2-1-5-9(10)11-7-3-4-8-13-11;1-10(2,3)8(12)7-9(13)11(4,5)6;3*10-7-2-3-9(8(11)6-7)13-5-1-4-12-13;8-6(9)5-3-1-2-4-7-5;;;/h2,4-7H,1H3;1,3-6,16H,7H2;1-4,6-8H;7H2,1-6H3;3*1-2,4-6H;1-4H,(H,8,9);;;/q3*-1;;3*-1;;;;. The molecule has 0 bridgehead atoms. The summed E-state index contributed by atoms with van der Waals surface area (Å²) in [5, 5.41) is 28.7. The number of carbonyl (C=O) groups is 3. The summed E-state index contributed by atoms with van der Waals surface area (Å²) >= 11 is 0. The van der Waals surface area contributed by atoms with Gasteiger partial charge in [0.2, 0.25) is 0 Å². The van der Waals surface area contributed by atoms with Gasteiger partial charge < -0.3 is 35.0 Å². The molecular formula is C79H63F11Ir3N10O6-6. The molecule has 0 aliphatic heterocycles. The van der Waals surface area contributed by atoms with E-state index >= 15 is 0 Å². The molecule has 16 nitrogen and oxygen atoms in total. The van der Waals surface area contributed by atoms with Gasteiger partial charge in [-0.2, -0.15) is 22.3 Å². The normalized spacial score (nSPS) is 10.2. The molecule has 0 aliphatic carbocycles. The smallest absolute Gasteiger partial charge is 0.354 e. The van der Waals surface area contributed by atoms with Crippen LogP contribution in [0.2, 0.25) is 0 Å². The minimum Gasteiger partial charge on any atom is -0.497 e. The van der Waals surface area contributed by atoms with Crippen molar-refractivity contribution in [2.45, 2.75) is 54.6 Å². The maximum atomic E-state index is 13.4. The molecule has 575 valence electrons. The summed E-state index contributed by atoms with van der Waals surface area (Å²) in [5.41, 5.74) is 2.17. The number of aromatic nitrogens is 10. The van der Waals surface area contributed by atoms with Crippen molar-refractivity contribution in [1.29, 1.82) is 0 Å². The zero-order chi connectivity index (χ0) is 77.5. The van der Waals surface area contributed by atoms with Gasteiger partial charge in [-0.15, -0.1) is 91.1 Å². The topological polar surface area (TPSA) is 206 Å². The van der Waals surface area contributed by atoms with Crippen LogP contribution in [0.5, 0.6) is 5.75 Å². The van der Waals surface area contributed by atoms with Crippen molar-refractivity contribution in [3.63, 3.8) is 0 Å². The van der Waals surface area contributed by atoms with Gasteiger partial charge in [0.05, 0.1) is 26.0 Å². The minimum atomic E-state index is -0.990. The van der Waals surface area contributed by atoms with Gasteiger partial charge in [0.15, 0.2) is 6.20 Å². The molecule has 0 atom stereocenters. The molecule has 3 radical (unpaired) electrons. The number of nitrogens with zero attached hydrogens (tertiary/aromatic N) is 10. The predicted molar refractivity (Wildman–Crippen MR) is 367 cm³/mol. The van der Waals surface area contributed by atoms with Crippen LogP contribution in [0, 0.1) is 111 Å². The number of ketones is 2. The number of Topliss-reactive ketones (excluding diaryl/α,β-unsaturated/α-hetero) is 2. The van der Waals surface area contributed by atoms with E-state index in [1.807, 2.05) is 47.6 Å². The van der Waals surface area contributed by atoms with Crippen LogP contribution in [-0.4, -0.2) is 74.4 Å². The monoisotopic (exact) mass is 2040 g/mol. The van der Waals surface area contributed by atoms with Gasteiger partial charge >= 0.3 is 5.97 Å². The summed E-state index contributed by atoms with van der Waals surface area (Å²) in [4.78, 5) is 48.7. The molecule has 7 heterocycles. The number of methoxy groups -OCH3 is 1. The van der Waals surface area contributed by atoms with E-state index in [0.717, 1.165) is 60.7 Å². The Kier molecular flexibility index (Phi) is 38.9. The summed E-state index contributed by atoms with van der Waals surface area (Å²) < 4.78 is 151. The first-order valence-corrected chi connectivity index (χ1v) is 31.1. The largest absolute Gasteiger partial charge is 0.497 e. The first-order chi connectivity index (χ1) is 50.4. The number of rotatable bonds is 11. The van der Waals surface area contributed by atoms with E-state index in [0.29, 0.717) is 34.0 Å². The van der Waals surface area contributed by atoms with Crippen LogP contribution in [0.25, 0.3) is 50.8 Å². The molecule has 0 fully saturated rings. The van der Waals surface area contributed by atoms with Gasteiger partial charge in [0, 0.05) is 179 Å². The molecule has 109 heavy (non-hydrogen) atoms. The Morgan fingerprint density at radius 1 is 0.477 bits per heavy atom. The van der Waals surface area contributed by atoms with Crippen LogP contribution >= 0.6 is 0 Å². The Bertz CT molecular complexity index is 4620. The third-order valence-electron chi connectivity index (χ3n) is 13.5. The fraction of sp³-hybridized carbons (Fsp3) is 0.139. The number of pyridine rings is 4. The SMILES string of the molecule is CC(C)(C)C(=O)CC(=O)C(C)(C)C.COc1ccnc(-c2[c-]cc(F)cc2F)c1.Fc1c[c-]c(-[n+]2ccc[n-]2)c(F)c1.Fc1c[c-]c(-n2cccn2)c(F)c1.Fc1c[c-]c(-n2cccn2)c(F)c1.Fc1ccc[c-]c1-c1ccccn1.O=C(O)c1ccccn1.OCc1ccnc(-c2[c-]cc(F)cc2F)c1.[Ir].[Ir].[Ir]. The number of carboxylic acids is 1. The van der Waals surface area contributed by atoms with Crippen LogP contribution in [0.4, 0.5) is 48.3 Å². The van der Waals surface area contributed by atoms with Gasteiger partial charge in [-0.3, -0.25) is 71.9 Å². The van der Waals surface area contributed by atoms with Crippen molar-refractivity contribution < 1.29 is 143 Å². The molecule has 0 spiro atoms. The second-order valence-corrected chi connectivity index (χ2v) is 23.4. The number of carbonyl (C=O) groups excluding carboxylic acids is 2. The maximum Gasteiger partial charge on any atom is 0.354 e. The maximum absolute atomic E-state index is 13.4. The molecule has 13 rings (SSSR count). The average molecular weight is 2030 g/mol. The molecule has 0 saturated heterocycles. The molecule has 13 aromatic rings. The summed E-state index contributed by atoms with van der Waals surface area (Å²) in [7, 11) is 1.50. The van der Waals surface area contributed by atoms with Crippen LogP contribution in [0.15, 0.2) is 220 Å². The van der Waals surface area contributed by atoms with E-state index < -0.39 is 75.0 Å². The number of aliphatic hydroxyl groups is 1. The van der Waals surface area contributed by atoms with Gasteiger partial charge in [-0.05, 0) is 88.6 Å². The van der Waals surface area contributed by atoms with Crippen molar-refractivity contribution >= 4 is 17.5 Å². The van der Waals surface area contributed by atoms with Crippen molar-refractivity contribution in [3.05, 3.63) is 331 Å². The van der Waals surface area contributed by atoms with Crippen LogP contribution in [-0.2, 0) is 76.5 Å². The molecule has 0 saturated carbocycles. The number of aromatic carboxylic acids is 1. The third kappa shape index (κ3) is 30.5. The fourth-order valence-electron chi connectivity index (χ4n) is 8.00. The third-order valence-corrected chi connectivity index (χ3v) is 13.5. The van der Waals surface area contributed by atoms with Crippen molar-refractivity contribution in [2.24, 2.45) is 10.8 Å². The zero-order valence-electron chi connectivity index (χ0n) is 58.4. The van der Waals surface area contributed by atoms with E-state index in [-0.39, 0.29) is 125 Å². The van der Waals surface area contributed by atoms with Gasteiger partial charge in [-0.25, -0.2) is 9.78 Å². The number of carboxylic acid groups (broad SMARTS) is 1. The Balaban J connectivity index is 0.000000323. The summed E-state index contributed by atoms with van der Waals surface area (Å²) in [5.74, 6) is -7.41. The Hall–Kier alpha value is -10.7. The number of aliphatic hydroxyl groups excluding tert-OH is 1. The van der Waals surface area contributed by atoms with E-state index in [1.54, 1.807) is 97.6 Å². The average Bonchev–Trinajstić information content (AvgIpc) is 1.82. The molecule has 0 aliphatic rings. The van der Waals surface area contributed by atoms with Crippen LogP contribution in [0.3, 0.4) is 0 Å². The fourth-order valence-corrected chi connectivity index (χ4v) is 8.00. The summed E-state index contributed by atoms with van der Waals surface area (Å²) in [6.45, 7) is 10.9. The van der Waals surface area contributed by atoms with E-state index in [4.69, 9.17) is 14.9 Å². The second-order valence-electron chi connectivity index (χ2n) is 23.4. The van der Waals surface area contributed by atoms with E-state index in [9.17, 15) is 62.7 Å².